The van der Waals surface area contributed by atoms with Crippen LogP contribution < -0.4 is 0 Å². The predicted molar refractivity (Wildman–Crippen MR) is 72.8 cm³/mol. The molecular formula is C14H18Cl3F. The van der Waals surface area contributed by atoms with Crippen molar-refractivity contribution in [1.29, 1.82) is 0 Å². The van der Waals surface area contributed by atoms with Crippen molar-refractivity contribution < 1.29 is 4.39 Å². The average Bonchev–Trinajstić information content (AvgIpc) is 2.22. The van der Waals surface area contributed by atoms with Crippen molar-refractivity contribution in [3.05, 3.63) is 0 Å². The zero-order valence-electron chi connectivity index (χ0n) is 10.6. The highest BCUT2D eigenvalue weighted by Crippen LogP contribution is 2.89. The van der Waals surface area contributed by atoms with Crippen molar-refractivity contribution in [3.63, 3.8) is 0 Å². The summed E-state index contributed by atoms with van der Waals surface area (Å²) in [6.07, 6.45) is 4.35. The van der Waals surface area contributed by atoms with E-state index in [1.54, 1.807) is 0 Å². The van der Waals surface area contributed by atoms with Crippen LogP contribution in [0.15, 0.2) is 0 Å². The Hall–Kier alpha value is 0.800. The van der Waals surface area contributed by atoms with E-state index in [-0.39, 0.29) is 16.2 Å². The van der Waals surface area contributed by atoms with Crippen molar-refractivity contribution in [1.82, 2.24) is 0 Å². The van der Waals surface area contributed by atoms with Gasteiger partial charge in [-0.2, -0.15) is 0 Å². The molecule has 6 aliphatic carbocycles. The molecule has 6 rings (SSSR count). The predicted octanol–water partition coefficient (Wildman–Crippen LogP) is 5.16. The fourth-order valence-electron chi connectivity index (χ4n) is 6.85. The van der Waals surface area contributed by atoms with E-state index in [2.05, 4.69) is 13.8 Å². The monoisotopic (exact) mass is 310 g/mol. The minimum atomic E-state index is -2.16. The second-order valence-electron chi connectivity index (χ2n) is 7.52. The Morgan fingerprint density at radius 3 is 2.28 bits per heavy atom. The maximum atomic E-state index is 14.7. The normalized spacial score (nSPS) is 59.7. The first-order valence-corrected chi connectivity index (χ1v) is 8.06. The van der Waals surface area contributed by atoms with Gasteiger partial charge in [0.05, 0.1) is 4.87 Å². The highest BCUT2D eigenvalue weighted by Gasteiger charge is 2.89. The van der Waals surface area contributed by atoms with Crippen LogP contribution in [-0.4, -0.2) is 9.46 Å². The van der Waals surface area contributed by atoms with Gasteiger partial charge in [-0.25, -0.2) is 4.39 Å². The van der Waals surface area contributed by atoms with E-state index in [0.29, 0.717) is 11.8 Å². The molecule has 6 bridgehead atoms. The largest absolute Gasteiger partial charge is 0.264 e. The zero-order chi connectivity index (χ0) is 13.1. The summed E-state index contributed by atoms with van der Waals surface area (Å²) in [7, 11) is 0. The number of halogens is 4. The number of rotatable bonds is 1. The van der Waals surface area contributed by atoms with Crippen LogP contribution in [0.4, 0.5) is 4.39 Å². The summed E-state index contributed by atoms with van der Waals surface area (Å²) in [6, 6.07) is 0. The van der Waals surface area contributed by atoms with E-state index in [9.17, 15) is 4.39 Å². The first-order valence-electron chi connectivity index (χ1n) is 6.93. The van der Waals surface area contributed by atoms with Crippen LogP contribution in [0.5, 0.6) is 0 Å². The first kappa shape index (κ1) is 12.5. The van der Waals surface area contributed by atoms with Crippen LogP contribution in [0, 0.1) is 34.5 Å². The van der Waals surface area contributed by atoms with Gasteiger partial charge in [0.2, 0.25) is 0 Å². The summed E-state index contributed by atoms with van der Waals surface area (Å²) in [5.74, 6) is 1.74. The third-order valence-corrected chi connectivity index (χ3v) is 8.80. The summed E-state index contributed by atoms with van der Waals surface area (Å²) in [6.45, 7) is 4.17. The fourth-order valence-corrected chi connectivity index (χ4v) is 8.49. The summed E-state index contributed by atoms with van der Waals surface area (Å²) in [5, 5.41) is 0. The molecule has 6 aliphatic rings. The van der Waals surface area contributed by atoms with Gasteiger partial charge < -0.3 is 0 Å². The molecular weight excluding hydrogens is 294 g/mol. The Morgan fingerprint density at radius 2 is 1.67 bits per heavy atom. The Bertz CT molecular complexity index is 429. The van der Waals surface area contributed by atoms with E-state index in [0.717, 1.165) is 25.2 Å². The highest BCUT2D eigenvalue weighted by molar-refractivity contribution is 6.48. The SMILES string of the molecule is CC1(C)C2(Cl)[C@H]3C[C@@H]4C[C@H](C3)C1(C(F)(Cl)Cl)[C@H]2C4. The van der Waals surface area contributed by atoms with Crippen molar-refractivity contribution >= 4 is 34.8 Å². The summed E-state index contributed by atoms with van der Waals surface area (Å²) in [4.78, 5) is -0.276. The third-order valence-electron chi connectivity index (χ3n) is 7.13. The van der Waals surface area contributed by atoms with Gasteiger partial charge in [0.15, 0.2) is 0 Å². The molecule has 0 radical (unpaired) electrons. The minimum Gasteiger partial charge on any atom is -0.207 e. The maximum absolute atomic E-state index is 14.7. The zero-order valence-corrected chi connectivity index (χ0v) is 12.9. The average molecular weight is 312 g/mol. The number of hydrogen-bond donors (Lipinski definition) is 0. The lowest BCUT2D eigenvalue weighted by atomic mass is 9.23. The van der Waals surface area contributed by atoms with E-state index >= 15 is 0 Å². The second kappa shape index (κ2) is 3.02. The van der Waals surface area contributed by atoms with E-state index in [1.807, 2.05) is 0 Å². The smallest absolute Gasteiger partial charge is 0.207 e. The molecule has 0 aliphatic heterocycles. The van der Waals surface area contributed by atoms with Crippen molar-refractivity contribution in [2.75, 3.05) is 0 Å². The number of hydrogen-bond acceptors (Lipinski definition) is 0. The Labute approximate surface area is 123 Å². The van der Waals surface area contributed by atoms with Crippen molar-refractivity contribution in [3.8, 4) is 0 Å². The molecule has 0 aromatic rings. The molecule has 102 valence electrons. The molecule has 0 aromatic heterocycles. The Balaban J connectivity index is 1.94. The van der Waals surface area contributed by atoms with E-state index in [4.69, 9.17) is 34.8 Å². The van der Waals surface area contributed by atoms with Crippen LogP contribution in [0.3, 0.4) is 0 Å². The molecule has 0 nitrogen and oxygen atoms in total. The standard InChI is InChI=1S/C14H18Cl3F/c1-11(2)12(14(16,17)18)8-3-7-4-9(6-8)13(11,15)10(12)5-7/h7-10H,3-6H2,1-2H3/t7-,8+,9-,10+,12?,13?/m0/s1. The number of alkyl halides is 4. The molecule has 2 unspecified atom stereocenters. The lowest BCUT2D eigenvalue weighted by molar-refractivity contribution is -0.332. The summed E-state index contributed by atoms with van der Waals surface area (Å²) < 4.78 is 12.5. The van der Waals surface area contributed by atoms with Gasteiger partial charge in [0, 0.05) is 5.41 Å². The van der Waals surface area contributed by atoms with Crippen LogP contribution >= 0.6 is 34.8 Å². The molecule has 6 fully saturated rings. The van der Waals surface area contributed by atoms with Crippen LogP contribution in [0.25, 0.3) is 0 Å². The molecule has 6 atom stereocenters. The van der Waals surface area contributed by atoms with Crippen LogP contribution in [-0.2, 0) is 0 Å². The van der Waals surface area contributed by atoms with Crippen LogP contribution in [0.1, 0.15) is 39.5 Å². The Morgan fingerprint density at radius 1 is 1.06 bits per heavy atom. The molecule has 0 N–H and O–H groups in total. The quantitative estimate of drug-likeness (QED) is 0.587. The third kappa shape index (κ3) is 0.912. The van der Waals surface area contributed by atoms with Gasteiger partial charge in [-0.05, 0) is 54.8 Å². The van der Waals surface area contributed by atoms with E-state index < -0.39 is 10.0 Å². The lowest BCUT2D eigenvalue weighted by Gasteiger charge is -2.85. The Kier molecular flexibility index (Phi) is 2.10. The van der Waals surface area contributed by atoms with Crippen molar-refractivity contribution in [2.45, 2.75) is 49.0 Å². The van der Waals surface area contributed by atoms with Gasteiger partial charge in [-0.3, -0.25) is 0 Å². The van der Waals surface area contributed by atoms with E-state index in [1.165, 1.54) is 6.42 Å². The molecule has 0 saturated heterocycles. The molecule has 6 saturated carbocycles. The molecule has 0 aromatic carbocycles. The molecule has 4 heteroatoms. The van der Waals surface area contributed by atoms with Crippen LogP contribution in [0.2, 0.25) is 0 Å². The van der Waals surface area contributed by atoms with Crippen molar-refractivity contribution in [2.24, 2.45) is 34.5 Å². The van der Waals surface area contributed by atoms with Gasteiger partial charge in [0.1, 0.15) is 0 Å². The topological polar surface area (TPSA) is 0 Å². The van der Waals surface area contributed by atoms with Gasteiger partial charge >= 0.3 is 0 Å². The summed E-state index contributed by atoms with van der Waals surface area (Å²) in [5.41, 5.74) is -0.943. The second-order valence-corrected chi connectivity index (χ2v) is 9.38. The molecule has 0 spiro atoms. The lowest BCUT2D eigenvalue weighted by Crippen LogP contribution is -2.86. The maximum Gasteiger partial charge on any atom is 0.264 e. The first-order chi connectivity index (χ1) is 8.17. The molecule has 0 heterocycles. The molecule has 18 heavy (non-hydrogen) atoms. The van der Waals surface area contributed by atoms with Gasteiger partial charge in [-0.1, -0.05) is 37.0 Å². The minimum absolute atomic E-state index is 0.165. The highest BCUT2D eigenvalue weighted by atomic mass is 35.5. The fraction of sp³-hybridized carbons (Fsp3) is 1.00. The molecule has 0 amide bonds. The summed E-state index contributed by atoms with van der Waals surface area (Å²) >= 11 is 19.1. The van der Waals surface area contributed by atoms with Gasteiger partial charge in [0.25, 0.3) is 4.59 Å². The van der Waals surface area contributed by atoms with Gasteiger partial charge in [-0.15, -0.1) is 11.6 Å².